The minimum Gasteiger partial charge on any atom is -0.264 e. The van der Waals surface area contributed by atoms with Gasteiger partial charge in [0, 0.05) is 12.4 Å². The maximum Gasteiger partial charge on any atom is 0.185 e. The number of rotatable bonds is 3. The molecule has 0 spiro atoms. The fraction of sp³-hybridized carbons (Fsp3) is 0.0833. The van der Waals surface area contributed by atoms with Gasteiger partial charge in [-0.2, -0.15) is 0 Å². The molecular weight excluding hydrogens is 241 g/mol. The smallest absolute Gasteiger partial charge is 0.185 e. The van der Waals surface area contributed by atoms with Gasteiger partial charge in [-0.1, -0.05) is 18.2 Å². The molecule has 0 saturated heterocycles. The molecule has 17 heavy (non-hydrogen) atoms. The lowest BCUT2D eigenvalue weighted by Gasteiger charge is -2.05. The Labute approximate surface area is 98.9 Å². The van der Waals surface area contributed by atoms with Gasteiger partial charge in [0.1, 0.15) is 10.7 Å². The second kappa shape index (κ2) is 4.63. The van der Waals surface area contributed by atoms with Crippen LogP contribution in [0.2, 0.25) is 0 Å². The Morgan fingerprint density at radius 3 is 2.53 bits per heavy atom. The molecule has 0 saturated carbocycles. The Morgan fingerprint density at radius 1 is 1.12 bits per heavy atom. The second-order valence-corrected chi connectivity index (χ2v) is 5.51. The van der Waals surface area contributed by atoms with E-state index >= 15 is 0 Å². The number of sulfone groups is 1. The molecule has 3 nitrogen and oxygen atoms in total. The largest absolute Gasteiger partial charge is 0.264 e. The van der Waals surface area contributed by atoms with Crippen molar-refractivity contribution in [1.82, 2.24) is 4.98 Å². The molecule has 0 fully saturated rings. The third kappa shape index (κ3) is 2.68. The van der Waals surface area contributed by atoms with Crippen molar-refractivity contribution < 1.29 is 12.8 Å². The van der Waals surface area contributed by atoms with Crippen molar-refractivity contribution in [1.29, 1.82) is 0 Å². The van der Waals surface area contributed by atoms with E-state index < -0.39 is 15.7 Å². The minimum absolute atomic E-state index is 0.248. The Morgan fingerprint density at radius 2 is 1.88 bits per heavy atom. The normalized spacial score (nSPS) is 11.4. The molecule has 0 amide bonds. The van der Waals surface area contributed by atoms with E-state index in [4.69, 9.17) is 0 Å². The van der Waals surface area contributed by atoms with Crippen LogP contribution in [0.25, 0.3) is 0 Å². The van der Waals surface area contributed by atoms with Crippen molar-refractivity contribution >= 4 is 9.84 Å². The van der Waals surface area contributed by atoms with Crippen molar-refractivity contribution in [3.8, 4) is 0 Å². The van der Waals surface area contributed by atoms with Gasteiger partial charge in [0.05, 0.1) is 5.75 Å². The van der Waals surface area contributed by atoms with Crippen LogP contribution < -0.4 is 0 Å². The highest BCUT2D eigenvalue weighted by Crippen LogP contribution is 2.18. The Kier molecular flexibility index (Phi) is 3.19. The van der Waals surface area contributed by atoms with E-state index in [1.807, 2.05) is 0 Å². The molecule has 1 heterocycles. The second-order valence-electron chi connectivity index (χ2n) is 3.55. The van der Waals surface area contributed by atoms with Gasteiger partial charge in [-0.05, 0) is 23.8 Å². The summed E-state index contributed by atoms with van der Waals surface area (Å²) in [5.41, 5.74) is 0.538. The van der Waals surface area contributed by atoms with Crippen LogP contribution in [0.1, 0.15) is 5.56 Å². The number of halogens is 1. The first-order chi connectivity index (χ1) is 8.09. The molecule has 0 atom stereocenters. The first kappa shape index (κ1) is 11.7. The molecule has 2 aromatic rings. The van der Waals surface area contributed by atoms with E-state index in [9.17, 15) is 12.8 Å². The summed E-state index contributed by atoms with van der Waals surface area (Å²) in [7, 11) is -3.66. The van der Waals surface area contributed by atoms with Gasteiger partial charge >= 0.3 is 0 Å². The van der Waals surface area contributed by atoms with Crippen molar-refractivity contribution in [2.75, 3.05) is 0 Å². The molecule has 0 N–H and O–H groups in total. The number of hydrogen-bond acceptors (Lipinski definition) is 3. The van der Waals surface area contributed by atoms with Crippen molar-refractivity contribution in [2.45, 2.75) is 10.6 Å². The summed E-state index contributed by atoms with van der Waals surface area (Å²) in [5, 5.41) is 0. The van der Waals surface area contributed by atoms with Gasteiger partial charge in [-0.25, -0.2) is 12.8 Å². The third-order valence-electron chi connectivity index (χ3n) is 2.25. The zero-order valence-electron chi connectivity index (χ0n) is 8.88. The van der Waals surface area contributed by atoms with E-state index in [0.717, 1.165) is 6.07 Å². The highest BCUT2D eigenvalue weighted by Gasteiger charge is 2.19. The van der Waals surface area contributed by atoms with Gasteiger partial charge in [0.2, 0.25) is 0 Å². The minimum atomic E-state index is -3.66. The number of pyridine rings is 1. The van der Waals surface area contributed by atoms with E-state index in [-0.39, 0.29) is 10.6 Å². The molecule has 0 radical (unpaired) electrons. The maximum atomic E-state index is 13.4. The van der Waals surface area contributed by atoms with Crippen molar-refractivity contribution in [3.05, 3.63) is 60.2 Å². The summed E-state index contributed by atoms with van der Waals surface area (Å²) < 4.78 is 37.3. The van der Waals surface area contributed by atoms with Crippen LogP contribution in [0.3, 0.4) is 0 Å². The zero-order chi connectivity index (χ0) is 12.3. The zero-order valence-corrected chi connectivity index (χ0v) is 9.69. The van der Waals surface area contributed by atoms with Crippen molar-refractivity contribution in [3.63, 3.8) is 0 Å². The van der Waals surface area contributed by atoms with Crippen molar-refractivity contribution in [2.24, 2.45) is 0 Å². The lowest BCUT2D eigenvalue weighted by molar-refractivity contribution is 0.566. The standard InChI is InChI=1S/C12H10FNO2S/c13-11-5-1-2-6-12(11)17(15,16)9-10-4-3-7-14-8-10/h1-8H,9H2. The molecule has 1 aromatic carbocycles. The van der Waals surface area contributed by atoms with Crippen LogP contribution in [0, 0.1) is 5.82 Å². The van der Waals surface area contributed by atoms with Crippen LogP contribution >= 0.6 is 0 Å². The van der Waals surface area contributed by atoms with E-state index in [1.54, 1.807) is 18.3 Å². The Hall–Kier alpha value is -1.75. The SMILES string of the molecule is O=S(=O)(Cc1cccnc1)c1ccccc1F. The first-order valence-corrected chi connectivity index (χ1v) is 6.61. The lowest BCUT2D eigenvalue weighted by Crippen LogP contribution is -2.07. The highest BCUT2D eigenvalue weighted by atomic mass is 32.2. The molecule has 5 heteroatoms. The molecular formula is C12H10FNO2S. The molecule has 0 aliphatic heterocycles. The molecule has 0 unspecified atom stereocenters. The molecule has 0 bridgehead atoms. The van der Waals surface area contributed by atoms with Crippen LogP contribution in [-0.2, 0) is 15.6 Å². The van der Waals surface area contributed by atoms with Gasteiger partial charge < -0.3 is 0 Å². The predicted molar refractivity (Wildman–Crippen MR) is 61.5 cm³/mol. The summed E-state index contributed by atoms with van der Waals surface area (Å²) in [5.74, 6) is -0.974. The van der Waals surface area contributed by atoms with Gasteiger partial charge in [-0.3, -0.25) is 4.98 Å². The fourth-order valence-corrected chi connectivity index (χ4v) is 2.89. The number of nitrogens with zero attached hydrogens (tertiary/aromatic N) is 1. The number of hydrogen-bond donors (Lipinski definition) is 0. The summed E-state index contributed by atoms with van der Waals surface area (Å²) in [6.07, 6.45) is 3.01. The average Bonchev–Trinajstić information content (AvgIpc) is 2.30. The van der Waals surface area contributed by atoms with Gasteiger partial charge in [0.15, 0.2) is 9.84 Å². The van der Waals surface area contributed by atoms with E-state index in [0.29, 0.717) is 5.56 Å². The molecule has 0 aliphatic carbocycles. The summed E-state index contributed by atoms with van der Waals surface area (Å²) in [6, 6.07) is 8.65. The monoisotopic (exact) mass is 251 g/mol. The Bertz CT molecular complexity index is 611. The van der Waals surface area contributed by atoms with Gasteiger partial charge in [-0.15, -0.1) is 0 Å². The van der Waals surface area contributed by atoms with Crippen LogP contribution in [0.4, 0.5) is 4.39 Å². The van der Waals surface area contributed by atoms with Gasteiger partial charge in [0.25, 0.3) is 0 Å². The van der Waals surface area contributed by atoms with Crippen LogP contribution in [-0.4, -0.2) is 13.4 Å². The maximum absolute atomic E-state index is 13.4. The summed E-state index contributed by atoms with van der Waals surface area (Å²) >= 11 is 0. The summed E-state index contributed by atoms with van der Waals surface area (Å²) in [4.78, 5) is 3.55. The van der Waals surface area contributed by atoms with Crippen LogP contribution in [0.15, 0.2) is 53.7 Å². The molecule has 1 aromatic heterocycles. The van der Waals surface area contributed by atoms with E-state index in [1.165, 1.54) is 24.4 Å². The number of aromatic nitrogens is 1. The quantitative estimate of drug-likeness (QED) is 0.840. The predicted octanol–water partition coefficient (Wildman–Crippen LogP) is 2.19. The summed E-state index contributed by atoms with van der Waals surface area (Å²) in [6.45, 7) is 0. The average molecular weight is 251 g/mol. The van der Waals surface area contributed by atoms with E-state index in [2.05, 4.69) is 4.98 Å². The Balaban J connectivity index is 2.36. The molecule has 88 valence electrons. The fourth-order valence-electron chi connectivity index (χ4n) is 1.48. The lowest BCUT2D eigenvalue weighted by atomic mass is 10.3. The number of benzene rings is 1. The molecule has 2 rings (SSSR count). The highest BCUT2D eigenvalue weighted by molar-refractivity contribution is 7.90. The first-order valence-electron chi connectivity index (χ1n) is 4.96. The molecule has 0 aliphatic rings. The topological polar surface area (TPSA) is 47.0 Å². The third-order valence-corrected chi connectivity index (χ3v) is 3.97. The van der Waals surface area contributed by atoms with Crippen LogP contribution in [0.5, 0.6) is 0 Å².